The first-order chi connectivity index (χ1) is 9.75. The minimum Gasteiger partial charge on any atom is -0.476 e. The maximum atomic E-state index is 11.0. The molecule has 1 aromatic carbocycles. The zero-order chi connectivity index (χ0) is 13.9. The van der Waals surface area contributed by atoms with Gasteiger partial charge < -0.3 is 10.0 Å². The third-order valence-electron chi connectivity index (χ3n) is 3.48. The molecule has 3 rings (SSSR count). The third-order valence-corrected chi connectivity index (χ3v) is 3.48. The molecule has 0 spiro atoms. The van der Waals surface area contributed by atoms with Crippen molar-refractivity contribution in [3.8, 4) is 0 Å². The fourth-order valence-electron chi connectivity index (χ4n) is 2.52. The van der Waals surface area contributed by atoms with Crippen LogP contribution < -0.4 is 4.90 Å². The van der Waals surface area contributed by atoms with Gasteiger partial charge in [0.2, 0.25) is 0 Å². The highest BCUT2D eigenvalue weighted by atomic mass is 16.4. The van der Waals surface area contributed by atoms with E-state index in [1.165, 1.54) is 11.8 Å². The number of aromatic carboxylic acids is 1. The van der Waals surface area contributed by atoms with Gasteiger partial charge in [0, 0.05) is 12.2 Å². The van der Waals surface area contributed by atoms with Gasteiger partial charge in [0.05, 0.1) is 12.4 Å². The minimum absolute atomic E-state index is 0.0239. The summed E-state index contributed by atoms with van der Waals surface area (Å²) >= 11 is 0. The van der Waals surface area contributed by atoms with E-state index in [9.17, 15) is 4.79 Å². The van der Waals surface area contributed by atoms with Crippen molar-refractivity contribution in [2.75, 3.05) is 11.4 Å². The van der Waals surface area contributed by atoms with E-state index in [-0.39, 0.29) is 5.69 Å². The topological polar surface area (TPSA) is 66.3 Å². The highest BCUT2D eigenvalue weighted by Crippen LogP contribution is 2.31. The third kappa shape index (κ3) is 2.34. The predicted molar refractivity (Wildman–Crippen MR) is 75.4 cm³/mol. The van der Waals surface area contributed by atoms with E-state index in [1.807, 2.05) is 12.1 Å². The lowest BCUT2D eigenvalue weighted by atomic mass is 10.1. The van der Waals surface area contributed by atoms with Crippen LogP contribution in [-0.4, -0.2) is 27.6 Å². The van der Waals surface area contributed by atoms with Gasteiger partial charge in [0.25, 0.3) is 0 Å². The Hall–Kier alpha value is -2.43. The number of para-hydroxylation sites is 1. The number of aromatic nitrogens is 2. The number of benzene rings is 1. The number of carbonyl (C=O) groups is 1. The second-order valence-corrected chi connectivity index (χ2v) is 4.81. The Morgan fingerprint density at radius 2 is 2.05 bits per heavy atom. The summed E-state index contributed by atoms with van der Waals surface area (Å²) in [6.07, 6.45) is 6.11. The second-order valence-electron chi connectivity index (χ2n) is 4.81. The van der Waals surface area contributed by atoms with E-state index in [4.69, 9.17) is 5.11 Å². The van der Waals surface area contributed by atoms with E-state index in [2.05, 4.69) is 27.0 Å². The van der Waals surface area contributed by atoms with Gasteiger partial charge in [0.15, 0.2) is 11.5 Å². The summed E-state index contributed by atoms with van der Waals surface area (Å²) in [6.45, 7) is 0.828. The standard InChI is InChI=1S/C15H15N3O2/c19-15(20)12-9-16-10-14(17-12)18-8-4-3-6-11-5-1-2-7-13(11)18/h1-2,5,7,9-10H,3-4,6,8H2,(H,19,20). The zero-order valence-corrected chi connectivity index (χ0v) is 11.0. The Balaban J connectivity index is 2.05. The highest BCUT2D eigenvalue weighted by molar-refractivity contribution is 5.85. The van der Waals surface area contributed by atoms with E-state index >= 15 is 0 Å². The van der Waals surface area contributed by atoms with Crippen LogP contribution in [0.15, 0.2) is 36.7 Å². The van der Waals surface area contributed by atoms with E-state index in [1.54, 1.807) is 6.20 Å². The van der Waals surface area contributed by atoms with Crippen LogP contribution in [0.3, 0.4) is 0 Å². The number of carboxylic acid groups (broad SMARTS) is 1. The number of rotatable bonds is 2. The lowest BCUT2D eigenvalue weighted by Gasteiger charge is -2.23. The molecular formula is C15H15N3O2. The normalized spacial score (nSPS) is 14.5. The van der Waals surface area contributed by atoms with Gasteiger partial charge in [-0.1, -0.05) is 18.2 Å². The first-order valence-electron chi connectivity index (χ1n) is 6.66. The molecule has 2 aromatic rings. The van der Waals surface area contributed by atoms with Crippen LogP contribution in [0.2, 0.25) is 0 Å². The SMILES string of the molecule is O=C(O)c1cncc(N2CCCCc3ccccc32)n1. The molecule has 0 unspecified atom stereocenters. The molecule has 0 bridgehead atoms. The summed E-state index contributed by atoms with van der Waals surface area (Å²) in [5.41, 5.74) is 2.35. The lowest BCUT2D eigenvalue weighted by Crippen LogP contribution is -2.20. The molecule has 2 heterocycles. The van der Waals surface area contributed by atoms with Gasteiger partial charge in [-0.2, -0.15) is 0 Å². The summed E-state index contributed by atoms with van der Waals surface area (Å²) in [6, 6.07) is 8.19. The minimum atomic E-state index is -1.05. The summed E-state index contributed by atoms with van der Waals surface area (Å²) in [7, 11) is 0. The molecule has 20 heavy (non-hydrogen) atoms. The maximum Gasteiger partial charge on any atom is 0.356 e. The van der Waals surface area contributed by atoms with Gasteiger partial charge in [-0.15, -0.1) is 0 Å². The van der Waals surface area contributed by atoms with Crippen molar-refractivity contribution in [2.24, 2.45) is 0 Å². The second kappa shape index (κ2) is 5.28. The van der Waals surface area contributed by atoms with Crippen molar-refractivity contribution in [2.45, 2.75) is 19.3 Å². The van der Waals surface area contributed by atoms with Gasteiger partial charge in [-0.25, -0.2) is 9.78 Å². The van der Waals surface area contributed by atoms with Crippen molar-refractivity contribution in [3.63, 3.8) is 0 Å². The average molecular weight is 269 g/mol. The molecule has 0 radical (unpaired) electrons. The molecule has 102 valence electrons. The van der Waals surface area contributed by atoms with E-state index < -0.39 is 5.97 Å². The molecule has 0 fully saturated rings. The monoisotopic (exact) mass is 269 g/mol. The van der Waals surface area contributed by atoms with Crippen molar-refractivity contribution < 1.29 is 9.90 Å². The fraction of sp³-hybridized carbons (Fsp3) is 0.267. The molecule has 1 aromatic heterocycles. The van der Waals surface area contributed by atoms with Crippen LogP contribution in [0.5, 0.6) is 0 Å². The van der Waals surface area contributed by atoms with E-state index in [0.29, 0.717) is 5.82 Å². The molecule has 0 amide bonds. The molecule has 0 saturated heterocycles. The van der Waals surface area contributed by atoms with Gasteiger partial charge >= 0.3 is 5.97 Å². The smallest absolute Gasteiger partial charge is 0.356 e. The predicted octanol–water partition coefficient (Wildman–Crippen LogP) is 2.65. The molecule has 1 aliphatic rings. The van der Waals surface area contributed by atoms with Gasteiger partial charge in [0.1, 0.15) is 0 Å². The van der Waals surface area contributed by atoms with Crippen molar-refractivity contribution in [1.29, 1.82) is 0 Å². The lowest BCUT2D eigenvalue weighted by molar-refractivity contribution is 0.0690. The van der Waals surface area contributed by atoms with Crippen LogP contribution in [0, 0.1) is 0 Å². The van der Waals surface area contributed by atoms with Crippen molar-refractivity contribution >= 4 is 17.5 Å². The summed E-state index contributed by atoms with van der Waals surface area (Å²) in [4.78, 5) is 21.3. The van der Waals surface area contributed by atoms with Crippen LogP contribution >= 0.6 is 0 Å². The molecular weight excluding hydrogens is 254 g/mol. The average Bonchev–Trinajstić information content (AvgIpc) is 2.69. The Kier molecular flexibility index (Phi) is 3.33. The Labute approximate surface area is 116 Å². The summed E-state index contributed by atoms with van der Waals surface area (Å²) in [5, 5.41) is 9.04. The summed E-state index contributed by atoms with van der Waals surface area (Å²) < 4.78 is 0. The number of aryl methyl sites for hydroxylation is 1. The van der Waals surface area contributed by atoms with Crippen LogP contribution in [-0.2, 0) is 6.42 Å². The van der Waals surface area contributed by atoms with Crippen molar-refractivity contribution in [1.82, 2.24) is 9.97 Å². The number of hydrogen-bond donors (Lipinski definition) is 1. The van der Waals surface area contributed by atoms with Crippen molar-refractivity contribution in [3.05, 3.63) is 47.9 Å². The largest absolute Gasteiger partial charge is 0.476 e. The molecule has 5 nitrogen and oxygen atoms in total. The van der Waals surface area contributed by atoms with Crippen LogP contribution in [0.4, 0.5) is 11.5 Å². The molecule has 0 atom stereocenters. The molecule has 1 N–H and O–H groups in total. The number of anilines is 2. The number of hydrogen-bond acceptors (Lipinski definition) is 4. The van der Waals surface area contributed by atoms with Crippen LogP contribution in [0.25, 0.3) is 0 Å². The van der Waals surface area contributed by atoms with E-state index in [0.717, 1.165) is 31.5 Å². The Bertz CT molecular complexity index is 643. The molecule has 1 aliphatic heterocycles. The summed E-state index contributed by atoms with van der Waals surface area (Å²) in [5.74, 6) is -0.457. The quantitative estimate of drug-likeness (QED) is 0.907. The molecule has 5 heteroatoms. The van der Waals surface area contributed by atoms with Gasteiger partial charge in [-0.3, -0.25) is 4.98 Å². The fourth-order valence-corrected chi connectivity index (χ4v) is 2.52. The molecule has 0 aliphatic carbocycles. The van der Waals surface area contributed by atoms with Crippen LogP contribution in [0.1, 0.15) is 28.9 Å². The number of nitrogens with zero attached hydrogens (tertiary/aromatic N) is 3. The van der Waals surface area contributed by atoms with Gasteiger partial charge in [-0.05, 0) is 30.9 Å². The molecule has 0 saturated carbocycles. The maximum absolute atomic E-state index is 11.0. The number of fused-ring (bicyclic) bond motifs is 1. The highest BCUT2D eigenvalue weighted by Gasteiger charge is 2.18. The first kappa shape index (κ1) is 12.6. The first-order valence-corrected chi connectivity index (χ1v) is 6.66. The number of carboxylic acids is 1. The Morgan fingerprint density at radius 3 is 2.90 bits per heavy atom. The Morgan fingerprint density at radius 1 is 1.20 bits per heavy atom. The zero-order valence-electron chi connectivity index (χ0n) is 11.0.